The highest BCUT2D eigenvalue weighted by Crippen LogP contribution is 2.43. The van der Waals surface area contributed by atoms with Gasteiger partial charge in [-0.15, -0.1) is 0 Å². The molecule has 2 saturated carbocycles. The second kappa shape index (κ2) is 7.56. The first-order chi connectivity index (χ1) is 14.0. The first kappa shape index (κ1) is 19.3. The third-order valence-corrected chi connectivity index (χ3v) is 9.10. The largest absolute Gasteiger partial charge is 0.367 e. The third-order valence-electron chi connectivity index (χ3n) is 7.49. The van der Waals surface area contributed by atoms with Crippen LogP contribution in [0.2, 0.25) is 0 Å². The SMILES string of the molecule is O=C(c1cnc(NC2C[C@H]3CC[C@@H](C2)C3)c2c1CCCC2)N1CCS(=O)(=O)CC1. The van der Waals surface area contributed by atoms with Crippen LogP contribution >= 0.6 is 0 Å². The molecule has 1 aromatic heterocycles. The van der Waals surface area contributed by atoms with E-state index in [2.05, 4.69) is 5.32 Å². The van der Waals surface area contributed by atoms with Crippen LogP contribution < -0.4 is 5.32 Å². The molecule has 0 aromatic carbocycles. The molecule has 5 rings (SSSR count). The van der Waals surface area contributed by atoms with E-state index in [9.17, 15) is 13.2 Å². The van der Waals surface area contributed by atoms with Crippen LogP contribution in [0.3, 0.4) is 0 Å². The molecule has 1 N–H and O–H groups in total. The molecule has 1 unspecified atom stereocenters. The molecule has 0 spiro atoms. The molecule has 7 heteroatoms. The Labute approximate surface area is 173 Å². The number of fused-ring (bicyclic) bond motifs is 3. The van der Waals surface area contributed by atoms with Gasteiger partial charge in [-0.2, -0.15) is 0 Å². The van der Waals surface area contributed by atoms with E-state index >= 15 is 0 Å². The number of nitrogens with zero attached hydrogens (tertiary/aromatic N) is 2. The molecule has 1 aromatic rings. The Balaban J connectivity index is 1.38. The molecule has 158 valence electrons. The van der Waals surface area contributed by atoms with Crippen molar-refractivity contribution in [2.45, 2.75) is 63.8 Å². The zero-order valence-corrected chi connectivity index (χ0v) is 17.8. The molecule has 2 bridgehead atoms. The van der Waals surface area contributed by atoms with Crippen LogP contribution in [-0.2, 0) is 22.7 Å². The summed E-state index contributed by atoms with van der Waals surface area (Å²) in [6, 6.07) is 0.508. The number of hydrogen-bond donors (Lipinski definition) is 1. The van der Waals surface area contributed by atoms with Crippen LogP contribution in [-0.4, -0.2) is 54.8 Å². The molecule has 3 atom stereocenters. The number of aromatic nitrogens is 1. The lowest BCUT2D eigenvalue weighted by Crippen LogP contribution is -2.44. The number of carbonyl (C=O) groups is 1. The zero-order chi connectivity index (χ0) is 20.0. The van der Waals surface area contributed by atoms with Gasteiger partial charge in [0.2, 0.25) is 0 Å². The van der Waals surface area contributed by atoms with Crippen LogP contribution in [0.4, 0.5) is 5.82 Å². The average molecular weight is 418 g/mol. The van der Waals surface area contributed by atoms with Gasteiger partial charge in [-0.1, -0.05) is 12.8 Å². The smallest absolute Gasteiger partial charge is 0.255 e. The van der Waals surface area contributed by atoms with E-state index < -0.39 is 9.84 Å². The fraction of sp³-hybridized carbons (Fsp3) is 0.727. The van der Waals surface area contributed by atoms with Crippen LogP contribution in [0, 0.1) is 11.8 Å². The molecule has 1 amide bonds. The normalized spacial score (nSPS) is 30.6. The summed E-state index contributed by atoms with van der Waals surface area (Å²) in [5, 5.41) is 3.75. The molecule has 0 radical (unpaired) electrons. The fourth-order valence-corrected chi connectivity index (χ4v) is 7.16. The van der Waals surface area contributed by atoms with Crippen molar-refractivity contribution in [1.82, 2.24) is 9.88 Å². The minimum Gasteiger partial charge on any atom is -0.367 e. The molecule has 6 nitrogen and oxygen atoms in total. The van der Waals surface area contributed by atoms with Gasteiger partial charge in [0.05, 0.1) is 17.1 Å². The van der Waals surface area contributed by atoms with Gasteiger partial charge in [0.1, 0.15) is 5.82 Å². The Kier molecular flexibility index (Phi) is 5.04. The van der Waals surface area contributed by atoms with Gasteiger partial charge in [0, 0.05) is 25.3 Å². The number of carbonyl (C=O) groups excluding carboxylic acids is 1. The molecule has 4 aliphatic rings. The van der Waals surface area contributed by atoms with E-state index in [-0.39, 0.29) is 17.4 Å². The third kappa shape index (κ3) is 3.90. The van der Waals surface area contributed by atoms with Gasteiger partial charge >= 0.3 is 0 Å². The van der Waals surface area contributed by atoms with Crippen molar-refractivity contribution < 1.29 is 13.2 Å². The molecule has 1 saturated heterocycles. The van der Waals surface area contributed by atoms with Crippen LogP contribution in [0.15, 0.2) is 6.20 Å². The van der Waals surface area contributed by atoms with Crippen molar-refractivity contribution in [3.05, 3.63) is 22.9 Å². The Morgan fingerprint density at radius 1 is 1.00 bits per heavy atom. The maximum Gasteiger partial charge on any atom is 0.255 e. The maximum absolute atomic E-state index is 13.1. The first-order valence-corrected chi connectivity index (χ1v) is 13.1. The highest BCUT2D eigenvalue weighted by molar-refractivity contribution is 7.91. The molecule has 29 heavy (non-hydrogen) atoms. The van der Waals surface area contributed by atoms with Gasteiger partial charge in [-0.25, -0.2) is 13.4 Å². The summed E-state index contributed by atoms with van der Waals surface area (Å²) in [6.07, 6.45) is 12.5. The lowest BCUT2D eigenvalue weighted by molar-refractivity contribution is 0.0768. The van der Waals surface area contributed by atoms with Gasteiger partial charge in [-0.3, -0.25) is 4.79 Å². The summed E-state index contributed by atoms with van der Waals surface area (Å²) in [4.78, 5) is 19.6. The summed E-state index contributed by atoms with van der Waals surface area (Å²) in [6.45, 7) is 0.585. The quantitative estimate of drug-likeness (QED) is 0.818. The number of amides is 1. The summed E-state index contributed by atoms with van der Waals surface area (Å²) in [5.41, 5.74) is 3.06. The monoisotopic (exact) mass is 417 g/mol. The first-order valence-electron chi connectivity index (χ1n) is 11.3. The summed E-state index contributed by atoms with van der Waals surface area (Å²) >= 11 is 0. The van der Waals surface area contributed by atoms with E-state index in [0.717, 1.165) is 48.9 Å². The minimum atomic E-state index is -3.00. The number of pyridine rings is 1. The van der Waals surface area contributed by atoms with E-state index in [0.29, 0.717) is 24.7 Å². The van der Waals surface area contributed by atoms with E-state index in [4.69, 9.17) is 4.98 Å². The molecular weight excluding hydrogens is 386 g/mol. The van der Waals surface area contributed by atoms with Crippen LogP contribution in [0.25, 0.3) is 0 Å². The Hall–Kier alpha value is -1.63. The standard InChI is InChI=1S/C22H31N3O3S/c26-22(25-7-9-29(27,28)10-8-25)20-14-23-21(19-4-2-1-3-18(19)20)24-17-12-15-5-6-16(11-15)13-17/h14-17H,1-13H2,(H,23,24)/t15-,16+,17?. The minimum absolute atomic E-state index is 0.0483. The predicted octanol–water partition coefficient (Wildman–Crippen LogP) is 2.82. The molecule has 3 aliphatic carbocycles. The predicted molar refractivity (Wildman–Crippen MR) is 113 cm³/mol. The summed E-state index contributed by atoms with van der Waals surface area (Å²) < 4.78 is 23.4. The van der Waals surface area contributed by atoms with Crippen molar-refractivity contribution in [3.63, 3.8) is 0 Å². The van der Waals surface area contributed by atoms with E-state index in [1.54, 1.807) is 11.1 Å². The number of rotatable bonds is 3. The Morgan fingerprint density at radius 2 is 1.66 bits per heavy atom. The van der Waals surface area contributed by atoms with Crippen molar-refractivity contribution in [2.24, 2.45) is 11.8 Å². The number of anilines is 1. The lowest BCUT2D eigenvalue weighted by Gasteiger charge is -2.32. The van der Waals surface area contributed by atoms with Gasteiger partial charge in [0.25, 0.3) is 5.91 Å². The van der Waals surface area contributed by atoms with E-state index in [1.165, 1.54) is 37.7 Å². The van der Waals surface area contributed by atoms with Crippen molar-refractivity contribution in [3.8, 4) is 0 Å². The fourth-order valence-electron chi connectivity index (χ4n) is 5.96. The van der Waals surface area contributed by atoms with Gasteiger partial charge in [-0.05, 0) is 67.9 Å². The number of hydrogen-bond acceptors (Lipinski definition) is 5. The van der Waals surface area contributed by atoms with Crippen LogP contribution in [0.5, 0.6) is 0 Å². The Morgan fingerprint density at radius 3 is 2.34 bits per heavy atom. The summed E-state index contributed by atoms with van der Waals surface area (Å²) in [5.74, 6) is 2.82. The highest BCUT2D eigenvalue weighted by Gasteiger charge is 2.35. The molecule has 3 fully saturated rings. The Bertz CT molecular complexity index is 888. The summed E-state index contributed by atoms with van der Waals surface area (Å²) in [7, 11) is -3.00. The topological polar surface area (TPSA) is 79.4 Å². The second-order valence-electron chi connectivity index (χ2n) is 9.49. The van der Waals surface area contributed by atoms with Crippen LogP contribution in [0.1, 0.15) is 66.4 Å². The number of nitrogens with one attached hydrogen (secondary N) is 1. The molecule has 1 aliphatic heterocycles. The van der Waals surface area contributed by atoms with E-state index in [1.807, 2.05) is 0 Å². The maximum atomic E-state index is 13.1. The average Bonchev–Trinajstić information content (AvgIpc) is 3.06. The second-order valence-corrected chi connectivity index (χ2v) is 11.8. The van der Waals surface area contributed by atoms with Gasteiger partial charge in [0.15, 0.2) is 9.84 Å². The molecular formula is C22H31N3O3S. The van der Waals surface area contributed by atoms with Gasteiger partial charge < -0.3 is 10.2 Å². The molecule has 2 heterocycles. The van der Waals surface area contributed by atoms with Crippen molar-refractivity contribution >= 4 is 21.6 Å². The zero-order valence-electron chi connectivity index (χ0n) is 17.0. The lowest BCUT2D eigenvalue weighted by atomic mass is 9.84. The van der Waals surface area contributed by atoms with Crippen molar-refractivity contribution in [1.29, 1.82) is 0 Å². The van der Waals surface area contributed by atoms with Crippen molar-refractivity contribution in [2.75, 3.05) is 29.9 Å². The highest BCUT2D eigenvalue weighted by atomic mass is 32.2. The number of sulfone groups is 1.